The minimum Gasteiger partial charge on any atom is -0.497 e. The second kappa shape index (κ2) is 3.40. The van der Waals surface area contributed by atoms with Gasteiger partial charge in [0.25, 0.3) is 0 Å². The van der Waals surface area contributed by atoms with Crippen molar-refractivity contribution in [1.29, 1.82) is 0 Å². The van der Waals surface area contributed by atoms with Crippen molar-refractivity contribution in [2.75, 3.05) is 7.11 Å². The number of benzene rings is 1. The molecule has 1 aliphatic rings. The first-order chi connectivity index (χ1) is 6.72. The van der Waals surface area contributed by atoms with Gasteiger partial charge in [-0.2, -0.15) is 0 Å². The number of aryl methyl sites for hydroxylation is 1. The Labute approximate surface area is 81.7 Å². The van der Waals surface area contributed by atoms with E-state index in [1.807, 2.05) is 6.07 Å². The third-order valence-electron chi connectivity index (χ3n) is 2.53. The molecule has 0 unspecified atom stereocenters. The first-order valence-corrected chi connectivity index (χ1v) is 4.57. The second-order valence-corrected chi connectivity index (χ2v) is 3.39. The van der Waals surface area contributed by atoms with Crippen molar-refractivity contribution in [3.05, 3.63) is 29.3 Å². The quantitative estimate of drug-likeness (QED) is 0.684. The van der Waals surface area contributed by atoms with Crippen LogP contribution in [0.25, 0.3) is 0 Å². The lowest BCUT2D eigenvalue weighted by molar-refractivity contribution is 0.0856. The van der Waals surface area contributed by atoms with Crippen molar-refractivity contribution in [3.63, 3.8) is 0 Å². The van der Waals surface area contributed by atoms with E-state index in [1.165, 1.54) is 7.11 Å². The number of alkyl halides is 1. The minimum absolute atomic E-state index is 0.304. The van der Waals surface area contributed by atoms with Gasteiger partial charge < -0.3 is 4.74 Å². The third kappa shape index (κ3) is 1.39. The molecule has 0 aliphatic heterocycles. The molecule has 0 spiro atoms. The van der Waals surface area contributed by atoms with Gasteiger partial charge in [0, 0.05) is 5.56 Å². The van der Waals surface area contributed by atoms with E-state index in [0.29, 0.717) is 24.2 Å². The molecule has 1 aromatic rings. The van der Waals surface area contributed by atoms with Crippen LogP contribution in [0.15, 0.2) is 18.2 Å². The Morgan fingerprint density at radius 2 is 2.29 bits per heavy atom. The molecular weight excluding hydrogens is 183 g/mol. The Kier molecular flexibility index (Phi) is 2.23. The highest BCUT2D eigenvalue weighted by Crippen LogP contribution is 2.26. The molecule has 0 fully saturated rings. The molecule has 0 aromatic heterocycles. The summed E-state index contributed by atoms with van der Waals surface area (Å²) in [4.78, 5) is 11.5. The molecule has 0 heterocycles. The Morgan fingerprint density at radius 3 is 3.00 bits per heavy atom. The van der Waals surface area contributed by atoms with Crippen LogP contribution in [-0.2, 0) is 6.42 Å². The number of ketones is 1. The van der Waals surface area contributed by atoms with Gasteiger partial charge in [0.15, 0.2) is 12.0 Å². The molecular formula is C11H11FO2. The van der Waals surface area contributed by atoms with E-state index in [-0.39, 0.29) is 0 Å². The number of hydrogen-bond acceptors (Lipinski definition) is 2. The number of carbonyl (C=O) groups excluding carboxylic acids is 1. The molecule has 0 saturated carbocycles. The summed E-state index contributed by atoms with van der Waals surface area (Å²) in [5.41, 5.74) is 1.40. The van der Waals surface area contributed by atoms with Crippen LogP contribution in [0, 0.1) is 0 Å². The molecule has 1 aromatic carbocycles. The van der Waals surface area contributed by atoms with Crippen molar-refractivity contribution in [1.82, 2.24) is 0 Å². The fourth-order valence-corrected chi connectivity index (χ4v) is 1.71. The highest BCUT2D eigenvalue weighted by molar-refractivity contribution is 6.02. The molecule has 1 aliphatic carbocycles. The zero-order valence-corrected chi connectivity index (χ0v) is 7.92. The van der Waals surface area contributed by atoms with Crippen LogP contribution in [-0.4, -0.2) is 19.1 Å². The van der Waals surface area contributed by atoms with E-state index < -0.39 is 12.0 Å². The van der Waals surface area contributed by atoms with E-state index in [1.54, 1.807) is 12.1 Å². The monoisotopic (exact) mass is 194 g/mol. The lowest BCUT2D eigenvalue weighted by atomic mass is 9.89. The van der Waals surface area contributed by atoms with E-state index in [0.717, 1.165) is 5.56 Å². The molecule has 0 radical (unpaired) electrons. The summed E-state index contributed by atoms with van der Waals surface area (Å²) in [6.45, 7) is 0. The highest BCUT2D eigenvalue weighted by atomic mass is 19.1. The van der Waals surface area contributed by atoms with Gasteiger partial charge in [0.1, 0.15) is 5.75 Å². The molecule has 3 heteroatoms. The molecule has 2 rings (SSSR count). The number of hydrogen-bond donors (Lipinski definition) is 0. The summed E-state index contributed by atoms with van der Waals surface area (Å²) in [7, 11) is 1.53. The van der Waals surface area contributed by atoms with Gasteiger partial charge in [0.2, 0.25) is 0 Å². The van der Waals surface area contributed by atoms with Crippen LogP contribution < -0.4 is 4.74 Å². The molecule has 2 nitrogen and oxygen atoms in total. The maximum atomic E-state index is 13.1. The van der Waals surface area contributed by atoms with Crippen molar-refractivity contribution < 1.29 is 13.9 Å². The number of ether oxygens (including phenoxy) is 1. The second-order valence-electron chi connectivity index (χ2n) is 3.39. The Bertz CT molecular complexity index is 374. The number of carbonyl (C=O) groups is 1. The molecule has 0 amide bonds. The van der Waals surface area contributed by atoms with Gasteiger partial charge in [-0.05, 0) is 30.5 Å². The van der Waals surface area contributed by atoms with Gasteiger partial charge in [0.05, 0.1) is 7.11 Å². The topological polar surface area (TPSA) is 26.3 Å². The van der Waals surface area contributed by atoms with Gasteiger partial charge in [-0.15, -0.1) is 0 Å². The molecule has 14 heavy (non-hydrogen) atoms. The number of halogens is 1. The average Bonchev–Trinajstić information content (AvgIpc) is 2.23. The van der Waals surface area contributed by atoms with Crippen LogP contribution in [0.5, 0.6) is 5.75 Å². The Hall–Kier alpha value is -1.38. The lowest BCUT2D eigenvalue weighted by Crippen LogP contribution is -2.23. The molecule has 1 atom stereocenters. The van der Waals surface area contributed by atoms with Gasteiger partial charge in [-0.25, -0.2) is 4.39 Å². The molecule has 0 N–H and O–H groups in total. The van der Waals surface area contributed by atoms with Crippen molar-refractivity contribution in [2.24, 2.45) is 0 Å². The van der Waals surface area contributed by atoms with Crippen LogP contribution in [0.2, 0.25) is 0 Å². The molecule has 0 bridgehead atoms. The van der Waals surface area contributed by atoms with Crippen molar-refractivity contribution in [2.45, 2.75) is 19.0 Å². The zero-order chi connectivity index (χ0) is 10.1. The lowest BCUT2D eigenvalue weighted by Gasteiger charge is -2.18. The van der Waals surface area contributed by atoms with E-state index in [2.05, 4.69) is 0 Å². The smallest absolute Gasteiger partial charge is 0.197 e. The number of methoxy groups -OCH3 is 1. The summed E-state index contributed by atoms with van der Waals surface area (Å²) in [6.07, 6.45) is -0.403. The van der Waals surface area contributed by atoms with Gasteiger partial charge in [-0.3, -0.25) is 4.79 Å². The van der Waals surface area contributed by atoms with Crippen LogP contribution in [0.1, 0.15) is 22.3 Å². The largest absolute Gasteiger partial charge is 0.497 e. The number of fused-ring (bicyclic) bond motifs is 1. The van der Waals surface area contributed by atoms with E-state index in [9.17, 15) is 9.18 Å². The third-order valence-corrected chi connectivity index (χ3v) is 2.53. The summed E-state index contributed by atoms with van der Waals surface area (Å²) in [6, 6.07) is 5.24. The Balaban J connectivity index is 2.46. The van der Waals surface area contributed by atoms with E-state index >= 15 is 0 Å². The fourth-order valence-electron chi connectivity index (χ4n) is 1.71. The maximum absolute atomic E-state index is 13.1. The minimum atomic E-state index is -1.34. The summed E-state index contributed by atoms with van der Waals surface area (Å²) >= 11 is 0. The number of rotatable bonds is 1. The van der Waals surface area contributed by atoms with Gasteiger partial charge in [-0.1, -0.05) is 6.07 Å². The standard InChI is InChI=1S/C11H11FO2/c1-14-8-4-2-7-3-5-10(12)11(13)9(7)6-8/h2,4,6,10H,3,5H2,1H3/t10-/m1/s1. The predicted molar refractivity (Wildman–Crippen MR) is 50.5 cm³/mol. The molecule has 74 valence electrons. The van der Waals surface area contributed by atoms with Crippen molar-refractivity contribution in [3.8, 4) is 5.75 Å². The average molecular weight is 194 g/mol. The molecule has 0 saturated heterocycles. The first kappa shape index (κ1) is 9.19. The summed E-state index contributed by atoms with van der Waals surface area (Å²) in [5.74, 6) is 0.191. The summed E-state index contributed by atoms with van der Waals surface area (Å²) in [5, 5.41) is 0. The predicted octanol–water partition coefficient (Wildman–Crippen LogP) is 2.16. The maximum Gasteiger partial charge on any atom is 0.197 e. The van der Waals surface area contributed by atoms with Gasteiger partial charge >= 0.3 is 0 Å². The van der Waals surface area contributed by atoms with Crippen LogP contribution >= 0.6 is 0 Å². The fraction of sp³-hybridized carbons (Fsp3) is 0.364. The SMILES string of the molecule is COc1ccc2c(c1)C(=O)[C@H](F)CC2. The zero-order valence-electron chi connectivity index (χ0n) is 7.92. The highest BCUT2D eigenvalue weighted by Gasteiger charge is 2.27. The number of Topliss-reactive ketones (excluding diaryl/α,β-unsaturated/α-hetero) is 1. The van der Waals surface area contributed by atoms with E-state index in [4.69, 9.17) is 4.74 Å². The van der Waals surface area contributed by atoms with Crippen LogP contribution in [0.3, 0.4) is 0 Å². The van der Waals surface area contributed by atoms with Crippen molar-refractivity contribution >= 4 is 5.78 Å². The summed E-state index contributed by atoms with van der Waals surface area (Å²) < 4.78 is 18.1. The Morgan fingerprint density at radius 1 is 1.50 bits per heavy atom. The van der Waals surface area contributed by atoms with Crippen LogP contribution in [0.4, 0.5) is 4.39 Å². The first-order valence-electron chi connectivity index (χ1n) is 4.57. The normalized spacial score (nSPS) is 20.4.